The predicted molar refractivity (Wildman–Crippen MR) is 106 cm³/mol. The number of amides is 1. The van der Waals surface area contributed by atoms with Gasteiger partial charge < -0.3 is 15.1 Å². The molecule has 28 heavy (non-hydrogen) atoms. The van der Waals surface area contributed by atoms with Gasteiger partial charge in [0, 0.05) is 30.2 Å². The van der Waals surface area contributed by atoms with Crippen molar-refractivity contribution in [3.63, 3.8) is 0 Å². The number of hydrogen-bond donors (Lipinski definition) is 2. The normalized spacial score (nSPS) is 10.9. The standard InChI is InChI=1S/C20H15ClN4O3/c1-24(13-8-6-12(21)7-9-13)19(28)18-17(16-14(26)4-2-5-15(16)27)23-20-22-10-3-11-25(18)20/h2-11,26-27H,1H3. The Morgan fingerprint density at radius 2 is 1.75 bits per heavy atom. The van der Waals surface area contributed by atoms with Crippen LogP contribution < -0.4 is 4.90 Å². The smallest absolute Gasteiger partial charge is 0.277 e. The second kappa shape index (κ2) is 6.86. The molecule has 0 atom stereocenters. The molecule has 4 rings (SSSR count). The molecule has 0 unspecified atom stereocenters. The topological polar surface area (TPSA) is 91.0 Å². The molecular weight excluding hydrogens is 380 g/mol. The maximum absolute atomic E-state index is 13.4. The van der Waals surface area contributed by atoms with Crippen LogP contribution in [0.2, 0.25) is 5.02 Å². The zero-order chi connectivity index (χ0) is 19.8. The van der Waals surface area contributed by atoms with E-state index in [4.69, 9.17) is 11.6 Å². The summed E-state index contributed by atoms with van der Waals surface area (Å²) < 4.78 is 1.52. The van der Waals surface area contributed by atoms with Crippen molar-refractivity contribution in [2.75, 3.05) is 11.9 Å². The third kappa shape index (κ3) is 2.91. The van der Waals surface area contributed by atoms with Crippen LogP contribution in [0.3, 0.4) is 0 Å². The van der Waals surface area contributed by atoms with Crippen LogP contribution >= 0.6 is 11.6 Å². The van der Waals surface area contributed by atoms with Gasteiger partial charge in [0.15, 0.2) is 0 Å². The highest BCUT2D eigenvalue weighted by molar-refractivity contribution is 6.30. The molecule has 2 aromatic heterocycles. The van der Waals surface area contributed by atoms with Gasteiger partial charge in [-0.2, -0.15) is 0 Å². The van der Waals surface area contributed by atoms with E-state index in [1.165, 1.54) is 27.5 Å². The first-order chi connectivity index (χ1) is 13.5. The van der Waals surface area contributed by atoms with E-state index in [2.05, 4.69) is 9.97 Å². The summed E-state index contributed by atoms with van der Waals surface area (Å²) in [5.74, 6) is -0.494. The van der Waals surface area contributed by atoms with E-state index < -0.39 is 0 Å². The fourth-order valence-corrected chi connectivity index (χ4v) is 3.10. The summed E-state index contributed by atoms with van der Waals surface area (Å²) in [6, 6.07) is 12.8. The highest BCUT2D eigenvalue weighted by Crippen LogP contribution is 2.38. The third-order valence-corrected chi connectivity index (χ3v) is 4.63. The highest BCUT2D eigenvalue weighted by atomic mass is 35.5. The second-order valence-electron chi connectivity index (χ2n) is 6.11. The Kier molecular flexibility index (Phi) is 4.37. The number of fused-ring (bicyclic) bond motifs is 1. The molecule has 140 valence electrons. The van der Waals surface area contributed by atoms with Crippen LogP contribution in [0.5, 0.6) is 11.5 Å². The maximum Gasteiger partial charge on any atom is 0.277 e. The fourth-order valence-electron chi connectivity index (χ4n) is 2.98. The number of carbonyl (C=O) groups excluding carboxylic acids is 1. The monoisotopic (exact) mass is 394 g/mol. The Hall–Kier alpha value is -3.58. The first kappa shape index (κ1) is 17.8. The van der Waals surface area contributed by atoms with Gasteiger partial charge in [0.2, 0.25) is 5.78 Å². The van der Waals surface area contributed by atoms with E-state index in [1.807, 2.05) is 0 Å². The SMILES string of the molecule is CN(C(=O)c1c(-c2c(O)cccc2O)nc2ncccn12)c1ccc(Cl)cc1. The molecule has 0 aliphatic rings. The van der Waals surface area contributed by atoms with Gasteiger partial charge in [-0.3, -0.25) is 9.20 Å². The predicted octanol–water partition coefficient (Wildman–Crippen LogP) is 3.74. The summed E-state index contributed by atoms with van der Waals surface area (Å²) in [6.45, 7) is 0. The molecule has 0 spiro atoms. The van der Waals surface area contributed by atoms with Crippen LogP contribution in [0.1, 0.15) is 10.5 Å². The van der Waals surface area contributed by atoms with Crippen molar-refractivity contribution in [2.45, 2.75) is 0 Å². The molecular formula is C20H15ClN4O3. The minimum atomic E-state index is -0.388. The number of halogens is 1. The Morgan fingerprint density at radius 3 is 2.43 bits per heavy atom. The summed E-state index contributed by atoms with van der Waals surface area (Å²) in [7, 11) is 1.62. The molecule has 8 heteroatoms. The van der Waals surface area contributed by atoms with Crippen molar-refractivity contribution in [3.05, 3.63) is 71.6 Å². The number of anilines is 1. The number of aromatic hydroxyl groups is 2. The molecule has 0 radical (unpaired) electrons. The van der Waals surface area contributed by atoms with E-state index in [1.54, 1.807) is 49.8 Å². The molecule has 0 fully saturated rings. The van der Waals surface area contributed by atoms with Gasteiger partial charge in [-0.05, 0) is 42.5 Å². The van der Waals surface area contributed by atoms with Crippen LogP contribution in [0.25, 0.3) is 17.0 Å². The molecule has 2 aromatic carbocycles. The van der Waals surface area contributed by atoms with Crippen LogP contribution in [0.15, 0.2) is 60.9 Å². The lowest BCUT2D eigenvalue weighted by Crippen LogP contribution is -2.28. The van der Waals surface area contributed by atoms with Crippen molar-refractivity contribution in [1.82, 2.24) is 14.4 Å². The number of phenolic OH excluding ortho intramolecular Hbond substituents is 2. The quantitative estimate of drug-likeness (QED) is 0.552. The largest absolute Gasteiger partial charge is 0.507 e. The Bertz CT molecular complexity index is 1170. The van der Waals surface area contributed by atoms with Crippen LogP contribution in [0, 0.1) is 0 Å². The maximum atomic E-state index is 13.4. The number of imidazole rings is 1. The molecule has 2 N–H and O–H groups in total. The summed E-state index contributed by atoms with van der Waals surface area (Å²) in [6.07, 6.45) is 3.20. The van der Waals surface area contributed by atoms with Gasteiger partial charge in [0.25, 0.3) is 5.91 Å². The molecule has 0 saturated heterocycles. The highest BCUT2D eigenvalue weighted by Gasteiger charge is 2.27. The van der Waals surface area contributed by atoms with Gasteiger partial charge >= 0.3 is 0 Å². The number of rotatable bonds is 3. The minimum Gasteiger partial charge on any atom is -0.507 e. The van der Waals surface area contributed by atoms with Crippen LogP contribution in [0.4, 0.5) is 5.69 Å². The van der Waals surface area contributed by atoms with E-state index in [-0.39, 0.29) is 40.1 Å². The van der Waals surface area contributed by atoms with E-state index in [0.29, 0.717) is 10.7 Å². The lowest BCUT2D eigenvalue weighted by molar-refractivity contribution is 0.0988. The average molecular weight is 395 g/mol. The number of aromatic nitrogens is 3. The van der Waals surface area contributed by atoms with Crippen molar-refractivity contribution in [3.8, 4) is 22.8 Å². The Morgan fingerprint density at radius 1 is 1.07 bits per heavy atom. The summed E-state index contributed by atoms with van der Waals surface area (Å²) in [5, 5.41) is 21.1. The first-order valence-corrected chi connectivity index (χ1v) is 8.73. The number of benzene rings is 2. The fraction of sp³-hybridized carbons (Fsp3) is 0.0500. The number of carbonyl (C=O) groups is 1. The van der Waals surface area contributed by atoms with E-state index >= 15 is 0 Å². The van der Waals surface area contributed by atoms with Gasteiger partial charge in [-0.25, -0.2) is 9.97 Å². The second-order valence-corrected chi connectivity index (χ2v) is 6.55. The molecule has 4 aromatic rings. The zero-order valence-electron chi connectivity index (χ0n) is 14.7. The van der Waals surface area contributed by atoms with Gasteiger partial charge in [0.1, 0.15) is 22.9 Å². The molecule has 0 aliphatic heterocycles. The number of nitrogens with zero attached hydrogens (tertiary/aromatic N) is 4. The third-order valence-electron chi connectivity index (χ3n) is 4.38. The molecule has 2 heterocycles. The Balaban J connectivity index is 1.93. The van der Waals surface area contributed by atoms with Gasteiger partial charge in [-0.15, -0.1) is 0 Å². The summed E-state index contributed by atoms with van der Waals surface area (Å²) >= 11 is 5.93. The lowest BCUT2D eigenvalue weighted by atomic mass is 10.1. The average Bonchev–Trinajstić information content (AvgIpc) is 3.06. The molecule has 1 amide bonds. The first-order valence-electron chi connectivity index (χ1n) is 8.35. The Labute approximate surface area is 165 Å². The molecule has 7 nitrogen and oxygen atoms in total. The number of phenols is 2. The van der Waals surface area contributed by atoms with E-state index in [0.717, 1.165) is 0 Å². The van der Waals surface area contributed by atoms with E-state index in [9.17, 15) is 15.0 Å². The van der Waals surface area contributed by atoms with Crippen molar-refractivity contribution >= 4 is 29.0 Å². The lowest BCUT2D eigenvalue weighted by Gasteiger charge is -2.18. The van der Waals surface area contributed by atoms with Crippen LogP contribution in [-0.2, 0) is 0 Å². The number of hydrogen-bond acceptors (Lipinski definition) is 5. The van der Waals surface area contributed by atoms with Crippen molar-refractivity contribution in [2.24, 2.45) is 0 Å². The molecule has 0 saturated carbocycles. The zero-order valence-corrected chi connectivity index (χ0v) is 15.5. The minimum absolute atomic E-state index is 0.0702. The van der Waals surface area contributed by atoms with Crippen molar-refractivity contribution < 1.29 is 15.0 Å². The summed E-state index contributed by atoms with van der Waals surface area (Å²) in [5.41, 5.74) is 0.999. The van der Waals surface area contributed by atoms with Gasteiger partial charge in [0.05, 0.1) is 5.56 Å². The van der Waals surface area contributed by atoms with Gasteiger partial charge in [-0.1, -0.05) is 17.7 Å². The molecule has 0 bridgehead atoms. The summed E-state index contributed by atoms with van der Waals surface area (Å²) in [4.78, 5) is 23.4. The van der Waals surface area contributed by atoms with Crippen LogP contribution in [-0.4, -0.2) is 37.5 Å². The molecule has 0 aliphatic carbocycles. The van der Waals surface area contributed by atoms with Crippen molar-refractivity contribution in [1.29, 1.82) is 0 Å².